The maximum atomic E-state index is 2.68. The summed E-state index contributed by atoms with van der Waals surface area (Å²) in [6.45, 7) is 18.1. The van der Waals surface area contributed by atoms with Crippen LogP contribution in [0.2, 0.25) is 0 Å². The molecule has 0 spiro atoms. The Kier molecular flexibility index (Phi) is 25.7. The minimum atomic E-state index is 1.14. The molecule has 4 nitrogen and oxygen atoms in total. The molecule has 0 aromatic heterocycles. The number of anilines is 2. The quantitative estimate of drug-likeness (QED) is 0.0263. The van der Waals surface area contributed by atoms with Crippen LogP contribution in [0.1, 0.15) is 193 Å². The minimum absolute atomic E-state index is 1.14. The molecule has 4 heteroatoms. The molecule has 0 saturated heterocycles. The van der Waals surface area contributed by atoms with Crippen LogP contribution in [-0.2, 0) is 0 Å². The maximum absolute atomic E-state index is 2.68. The zero-order chi connectivity index (χ0) is 48.0. The highest BCUT2D eigenvalue weighted by molar-refractivity contribution is 6.20. The van der Waals surface area contributed by atoms with E-state index >= 15 is 0 Å². The van der Waals surface area contributed by atoms with Gasteiger partial charge in [0, 0.05) is 110 Å². The van der Waals surface area contributed by atoms with Crippen molar-refractivity contribution in [1.29, 1.82) is 0 Å². The Hall–Kier alpha value is -4.70. The van der Waals surface area contributed by atoms with Crippen molar-refractivity contribution in [2.75, 3.05) is 36.0 Å². The molecule has 68 heavy (non-hydrogen) atoms. The Balaban J connectivity index is 1.49. The maximum Gasteiger partial charge on any atom is 0.212 e. The van der Waals surface area contributed by atoms with E-state index in [2.05, 4.69) is 182 Å². The van der Waals surface area contributed by atoms with Crippen LogP contribution in [0.4, 0.5) is 34.1 Å². The molecule has 0 bridgehead atoms. The van der Waals surface area contributed by atoms with E-state index in [0.717, 1.165) is 49.0 Å². The first kappa shape index (κ1) is 54.2. The fourth-order valence-corrected chi connectivity index (χ4v) is 9.73. The van der Waals surface area contributed by atoms with Crippen molar-refractivity contribution in [1.82, 2.24) is 9.15 Å². The Morgan fingerprint density at radius 3 is 0.750 bits per heavy atom. The molecule has 0 fully saturated rings. The molecule has 0 radical (unpaired) electrons. The summed E-state index contributed by atoms with van der Waals surface area (Å²) < 4.78 is 4.85. The number of nitrogens with zero attached hydrogens (tertiary/aromatic N) is 4. The molecule has 0 heterocycles. The number of aryl methyl sites for hydroxylation is 2. The number of hydrogen-bond donors (Lipinski definition) is 0. The van der Waals surface area contributed by atoms with E-state index in [0.29, 0.717) is 0 Å². The van der Waals surface area contributed by atoms with Gasteiger partial charge in [0.05, 0.1) is 0 Å². The highest BCUT2D eigenvalue weighted by atomic mass is 15.1. The molecule has 0 saturated carbocycles. The lowest BCUT2D eigenvalue weighted by atomic mass is 10.1. The lowest BCUT2D eigenvalue weighted by molar-refractivity contribution is 0.575. The van der Waals surface area contributed by atoms with Gasteiger partial charge in [-0.2, -0.15) is 9.15 Å². The van der Waals surface area contributed by atoms with Gasteiger partial charge in [0.1, 0.15) is 0 Å². The van der Waals surface area contributed by atoms with Gasteiger partial charge in [0.2, 0.25) is 34.2 Å². The third-order valence-corrected chi connectivity index (χ3v) is 14.0. The van der Waals surface area contributed by atoms with Crippen LogP contribution in [0.5, 0.6) is 0 Å². The van der Waals surface area contributed by atoms with E-state index in [1.165, 1.54) is 188 Å². The predicted molar refractivity (Wildman–Crippen MR) is 304 cm³/mol. The number of rotatable bonds is 34. The Bertz CT molecular complexity index is 1910. The van der Waals surface area contributed by atoms with Crippen LogP contribution in [0.15, 0.2) is 121 Å². The van der Waals surface area contributed by atoms with Crippen LogP contribution in [-0.4, -0.2) is 37.6 Å². The normalized spacial score (nSPS) is 12.3. The van der Waals surface area contributed by atoms with Crippen LogP contribution in [0.3, 0.4) is 0 Å². The molecular formula is C64H94N4+2. The number of benzene rings is 4. The third kappa shape index (κ3) is 18.7. The fraction of sp³-hybridized carbons (Fsp3) is 0.531. The number of unbranched alkanes of at least 4 members (excludes halogenated alkanes) is 20. The van der Waals surface area contributed by atoms with E-state index in [9.17, 15) is 0 Å². The summed E-state index contributed by atoms with van der Waals surface area (Å²) in [7, 11) is 0. The Morgan fingerprint density at radius 2 is 0.500 bits per heavy atom. The van der Waals surface area contributed by atoms with Gasteiger partial charge in [-0.05, 0) is 63.8 Å². The molecule has 0 unspecified atom stereocenters. The molecule has 0 amide bonds. The van der Waals surface area contributed by atoms with Crippen LogP contribution < -0.4 is 19.0 Å². The molecular weight excluding hydrogens is 825 g/mol. The summed E-state index contributed by atoms with van der Waals surface area (Å²) in [5.41, 5.74) is 12.3. The van der Waals surface area contributed by atoms with Crippen LogP contribution in [0.25, 0.3) is 0 Å². The number of hydrogen-bond acceptors (Lipinski definition) is 2. The monoisotopic (exact) mass is 919 g/mol. The summed E-state index contributed by atoms with van der Waals surface area (Å²) in [5, 5.41) is 0. The van der Waals surface area contributed by atoms with Gasteiger partial charge >= 0.3 is 0 Å². The molecule has 1 aliphatic carbocycles. The van der Waals surface area contributed by atoms with Gasteiger partial charge in [-0.25, -0.2) is 0 Å². The molecule has 4 aromatic carbocycles. The van der Waals surface area contributed by atoms with Crippen molar-refractivity contribution < 1.29 is 0 Å². The summed E-state index contributed by atoms with van der Waals surface area (Å²) in [6, 6.07) is 36.9. The summed E-state index contributed by atoms with van der Waals surface area (Å²) in [5.74, 6) is 0. The van der Waals surface area contributed by atoms with E-state index in [1.54, 1.807) is 0 Å². The highest BCUT2D eigenvalue weighted by Crippen LogP contribution is 2.30. The molecule has 4 aromatic rings. The average Bonchev–Trinajstić information content (AvgIpc) is 3.36. The van der Waals surface area contributed by atoms with Crippen molar-refractivity contribution in [3.05, 3.63) is 132 Å². The van der Waals surface area contributed by atoms with E-state index in [4.69, 9.17) is 0 Å². The summed E-state index contributed by atoms with van der Waals surface area (Å²) >= 11 is 0. The Labute approximate surface area is 417 Å². The lowest BCUT2D eigenvalue weighted by Crippen LogP contribution is -2.26. The second kappa shape index (κ2) is 32.2. The van der Waals surface area contributed by atoms with Crippen molar-refractivity contribution in [2.24, 2.45) is 0 Å². The molecule has 1 aliphatic rings. The summed E-state index contributed by atoms with van der Waals surface area (Å²) in [6.07, 6.45) is 41.2. The molecule has 5 rings (SSSR count). The lowest BCUT2D eigenvalue weighted by Gasteiger charge is -2.25. The number of allylic oxidation sites excluding steroid dienone is 4. The standard InChI is InChI=1S/C64H94N4/c1-7-11-15-19-23-27-51-65(52-28-24-20-16-12-8-2)57-39-43-61(44-40-57)68(62-45-41-58(42-46-62)66(53-29-25-21-17-13-9-3)54-30-26-22-18-14-10-4)64-49-47-63(48-50-64)67(59-35-31-55(5)32-36-59)60-37-33-56(6)34-38-60/h31-50H,7-30,51-54H2,1-6H3/q+2. The Morgan fingerprint density at radius 1 is 0.279 bits per heavy atom. The van der Waals surface area contributed by atoms with Crippen molar-refractivity contribution in [2.45, 2.75) is 196 Å². The summed E-state index contributed by atoms with van der Waals surface area (Å²) in [4.78, 5) is 5.37. The third-order valence-electron chi connectivity index (χ3n) is 14.0. The first-order valence-corrected chi connectivity index (χ1v) is 28.0. The predicted octanol–water partition coefficient (Wildman–Crippen LogP) is 18.7. The average molecular weight is 919 g/mol. The zero-order valence-corrected chi connectivity index (χ0v) is 44.1. The van der Waals surface area contributed by atoms with Gasteiger partial charge in [-0.3, -0.25) is 0 Å². The van der Waals surface area contributed by atoms with E-state index < -0.39 is 0 Å². The van der Waals surface area contributed by atoms with Crippen LogP contribution >= 0.6 is 0 Å². The first-order valence-electron chi connectivity index (χ1n) is 28.0. The minimum Gasteiger partial charge on any atom is -0.372 e. The fourth-order valence-electron chi connectivity index (χ4n) is 9.73. The van der Waals surface area contributed by atoms with Gasteiger partial charge < -0.3 is 9.80 Å². The van der Waals surface area contributed by atoms with E-state index in [-0.39, 0.29) is 0 Å². The van der Waals surface area contributed by atoms with Crippen molar-refractivity contribution in [3.8, 4) is 0 Å². The second-order valence-corrected chi connectivity index (χ2v) is 19.9. The SMILES string of the molecule is CCCCCCCCN(CCCCCCCC)c1ccc([N+](=C2C=CC(=[N+](c3ccc(C)cc3)c3ccc(C)cc3)C=C2)c2ccc(N(CCCCCCCC)CCCCCCCC)cc2)cc1. The van der Waals surface area contributed by atoms with Crippen LogP contribution in [0, 0.1) is 13.8 Å². The highest BCUT2D eigenvalue weighted by Gasteiger charge is 2.25. The van der Waals surface area contributed by atoms with Gasteiger partial charge in [0.15, 0.2) is 0 Å². The second-order valence-electron chi connectivity index (χ2n) is 19.9. The molecule has 368 valence electrons. The zero-order valence-electron chi connectivity index (χ0n) is 44.1. The largest absolute Gasteiger partial charge is 0.372 e. The van der Waals surface area contributed by atoms with Crippen molar-refractivity contribution >= 4 is 45.5 Å². The van der Waals surface area contributed by atoms with Gasteiger partial charge in [0.25, 0.3) is 0 Å². The first-order chi connectivity index (χ1) is 33.4. The molecule has 0 aliphatic heterocycles. The smallest absolute Gasteiger partial charge is 0.212 e. The van der Waals surface area contributed by atoms with Crippen molar-refractivity contribution in [3.63, 3.8) is 0 Å². The molecule has 0 atom stereocenters. The van der Waals surface area contributed by atoms with Gasteiger partial charge in [-0.15, -0.1) is 0 Å². The van der Waals surface area contributed by atoms with Gasteiger partial charge in [-0.1, -0.05) is 192 Å². The topological polar surface area (TPSA) is 12.5 Å². The molecule has 0 N–H and O–H groups in total. The van der Waals surface area contributed by atoms with E-state index in [1.807, 2.05) is 0 Å².